The number of rotatable bonds is 3. The summed E-state index contributed by atoms with van der Waals surface area (Å²) in [6, 6.07) is 14.3. The summed E-state index contributed by atoms with van der Waals surface area (Å²) < 4.78 is 21.4. The first-order valence-electron chi connectivity index (χ1n) is 8.80. The van der Waals surface area contributed by atoms with Gasteiger partial charge in [0.05, 0.1) is 6.54 Å². The molecule has 4 nitrogen and oxygen atoms in total. The van der Waals surface area contributed by atoms with E-state index in [2.05, 4.69) is 0 Å². The van der Waals surface area contributed by atoms with Crippen molar-refractivity contribution in [3.63, 3.8) is 0 Å². The number of halogens is 1. The Kier molecular flexibility index (Phi) is 4.15. The summed E-state index contributed by atoms with van der Waals surface area (Å²) in [6.07, 6.45) is 0.798. The van der Waals surface area contributed by atoms with Gasteiger partial charge in [0.1, 0.15) is 23.4 Å². The van der Waals surface area contributed by atoms with E-state index >= 15 is 0 Å². The number of para-hydroxylation sites is 1. The normalized spacial score (nSPS) is 17.0. The summed E-state index contributed by atoms with van der Waals surface area (Å²) in [7, 11) is 1.86. The minimum atomic E-state index is -0.289. The molecule has 1 aromatic heterocycles. The van der Waals surface area contributed by atoms with Crippen LogP contribution in [0.25, 0.3) is 10.9 Å². The topological polar surface area (TPSA) is 34.5 Å². The highest BCUT2D eigenvalue weighted by Crippen LogP contribution is 2.28. The molecule has 0 N–H and O–H groups in total. The van der Waals surface area contributed by atoms with Crippen LogP contribution in [0.2, 0.25) is 0 Å². The Morgan fingerprint density at radius 3 is 2.73 bits per heavy atom. The molecule has 0 aliphatic carbocycles. The van der Waals surface area contributed by atoms with Gasteiger partial charge in [-0.15, -0.1) is 0 Å². The number of amides is 1. The fourth-order valence-corrected chi connectivity index (χ4v) is 3.75. The lowest BCUT2D eigenvalue weighted by Gasteiger charge is -2.18. The van der Waals surface area contributed by atoms with E-state index < -0.39 is 0 Å². The van der Waals surface area contributed by atoms with Crippen LogP contribution in [0.15, 0.2) is 48.5 Å². The Morgan fingerprint density at radius 1 is 1.19 bits per heavy atom. The highest BCUT2D eigenvalue weighted by molar-refractivity contribution is 6.01. The number of likely N-dealkylation sites (tertiary alicyclic amines) is 1. The van der Waals surface area contributed by atoms with Gasteiger partial charge in [-0.05, 0) is 42.8 Å². The Balaban J connectivity index is 1.56. The van der Waals surface area contributed by atoms with Crippen molar-refractivity contribution in [1.29, 1.82) is 0 Å². The van der Waals surface area contributed by atoms with Crippen molar-refractivity contribution >= 4 is 16.8 Å². The highest BCUT2D eigenvalue weighted by Gasteiger charge is 2.31. The molecule has 0 bridgehead atoms. The van der Waals surface area contributed by atoms with Gasteiger partial charge in [-0.3, -0.25) is 4.79 Å². The summed E-state index contributed by atoms with van der Waals surface area (Å²) in [5.74, 6) is 0.506. The predicted molar refractivity (Wildman–Crippen MR) is 99.0 cm³/mol. The smallest absolute Gasteiger partial charge is 0.270 e. The number of benzene rings is 2. The third-order valence-corrected chi connectivity index (χ3v) is 5.10. The molecule has 4 rings (SSSR count). The lowest BCUT2D eigenvalue weighted by molar-refractivity contribution is 0.0762. The van der Waals surface area contributed by atoms with E-state index in [0.717, 1.165) is 28.6 Å². The third-order valence-electron chi connectivity index (χ3n) is 5.10. The van der Waals surface area contributed by atoms with Crippen molar-refractivity contribution in [2.75, 3.05) is 13.1 Å². The quantitative estimate of drug-likeness (QED) is 0.716. The minimum Gasteiger partial charge on any atom is -0.489 e. The van der Waals surface area contributed by atoms with Gasteiger partial charge in [-0.2, -0.15) is 0 Å². The van der Waals surface area contributed by atoms with Crippen LogP contribution < -0.4 is 4.74 Å². The zero-order valence-corrected chi connectivity index (χ0v) is 14.9. The molecule has 3 aromatic rings. The Hall–Kier alpha value is -2.82. The Bertz CT molecular complexity index is 965. The number of fused-ring (bicyclic) bond motifs is 1. The average Bonchev–Trinajstić information content (AvgIpc) is 3.19. The number of carbonyl (C=O) groups is 1. The molecule has 1 amide bonds. The SMILES string of the molecule is Cc1c(C(=O)N2CCC(Oc3ccccc3)C2)n(C)c2ccc(F)cc12. The Morgan fingerprint density at radius 2 is 1.96 bits per heavy atom. The van der Waals surface area contributed by atoms with Crippen LogP contribution >= 0.6 is 0 Å². The van der Waals surface area contributed by atoms with Crippen LogP contribution in [0, 0.1) is 12.7 Å². The maximum atomic E-state index is 13.6. The van der Waals surface area contributed by atoms with E-state index in [1.807, 2.05) is 53.8 Å². The molecule has 0 spiro atoms. The van der Waals surface area contributed by atoms with Crippen molar-refractivity contribution in [2.24, 2.45) is 7.05 Å². The van der Waals surface area contributed by atoms with Gasteiger partial charge < -0.3 is 14.2 Å². The molecule has 0 radical (unpaired) electrons. The van der Waals surface area contributed by atoms with Gasteiger partial charge >= 0.3 is 0 Å². The largest absolute Gasteiger partial charge is 0.489 e. The molecule has 2 aromatic carbocycles. The van der Waals surface area contributed by atoms with Gasteiger partial charge in [0.25, 0.3) is 5.91 Å². The van der Waals surface area contributed by atoms with Gasteiger partial charge in [0, 0.05) is 30.9 Å². The van der Waals surface area contributed by atoms with Crippen LogP contribution in [-0.2, 0) is 7.05 Å². The molecule has 1 saturated heterocycles. The third kappa shape index (κ3) is 2.83. The fourth-order valence-electron chi connectivity index (χ4n) is 3.75. The molecule has 26 heavy (non-hydrogen) atoms. The second-order valence-electron chi connectivity index (χ2n) is 6.79. The number of ether oxygens (including phenoxy) is 1. The molecular formula is C21H21FN2O2. The molecule has 134 valence electrons. The highest BCUT2D eigenvalue weighted by atomic mass is 19.1. The molecule has 1 unspecified atom stereocenters. The van der Waals surface area contributed by atoms with E-state index in [4.69, 9.17) is 4.74 Å². The zero-order chi connectivity index (χ0) is 18.3. The molecule has 0 saturated carbocycles. The molecule has 5 heteroatoms. The molecule has 1 fully saturated rings. The van der Waals surface area contributed by atoms with E-state index in [1.165, 1.54) is 12.1 Å². The lowest BCUT2D eigenvalue weighted by atomic mass is 10.1. The van der Waals surface area contributed by atoms with Crippen molar-refractivity contribution in [3.8, 4) is 5.75 Å². The maximum Gasteiger partial charge on any atom is 0.270 e. The van der Waals surface area contributed by atoms with Crippen LogP contribution in [0.5, 0.6) is 5.75 Å². The monoisotopic (exact) mass is 352 g/mol. The molecule has 1 atom stereocenters. The number of aromatic nitrogens is 1. The average molecular weight is 352 g/mol. The first-order valence-corrected chi connectivity index (χ1v) is 8.80. The van der Waals surface area contributed by atoms with Gasteiger partial charge in [0.2, 0.25) is 0 Å². The van der Waals surface area contributed by atoms with Crippen LogP contribution in [0.3, 0.4) is 0 Å². The van der Waals surface area contributed by atoms with Crippen LogP contribution in [0.1, 0.15) is 22.5 Å². The van der Waals surface area contributed by atoms with Gasteiger partial charge in [-0.1, -0.05) is 18.2 Å². The number of nitrogens with zero attached hydrogens (tertiary/aromatic N) is 2. The Labute approximate surface area is 151 Å². The van der Waals surface area contributed by atoms with Gasteiger partial charge in [-0.25, -0.2) is 4.39 Å². The number of carbonyl (C=O) groups excluding carboxylic acids is 1. The van der Waals surface area contributed by atoms with Crippen molar-refractivity contribution in [2.45, 2.75) is 19.4 Å². The first kappa shape index (κ1) is 16.6. The zero-order valence-electron chi connectivity index (χ0n) is 14.9. The van der Waals surface area contributed by atoms with Crippen molar-refractivity contribution < 1.29 is 13.9 Å². The first-order chi connectivity index (χ1) is 12.5. The molecule has 2 heterocycles. The standard InChI is InChI=1S/C21H21FN2O2/c1-14-18-12-15(22)8-9-19(18)23(2)20(14)21(25)24-11-10-17(13-24)26-16-6-4-3-5-7-16/h3-9,12,17H,10-11,13H2,1-2H3. The van der Waals surface area contributed by atoms with Crippen molar-refractivity contribution in [3.05, 3.63) is 65.6 Å². The summed E-state index contributed by atoms with van der Waals surface area (Å²) in [5, 5.41) is 0.784. The van der Waals surface area contributed by atoms with Crippen LogP contribution in [-0.4, -0.2) is 34.6 Å². The fraction of sp³-hybridized carbons (Fsp3) is 0.286. The number of hydrogen-bond acceptors (Lipinski definition) is 2. The van der Waals surface area contributed by atoms with E-state index in [1.54, 1.807) is 6.07 Å². The van der Waals surface area contributed by atoms with E-state index in [-0.39, 0.29) is 17.8 Å². The number of hydrogen-bond donors (Lipinski definition) is 0. The van der Waals surface area contributed by atoms with Gasteiger partial charge in [0.15, 0.2) is 0 Å². The van der Waals surface area contributed by atoms with Crippen molar-refractivity contribution in [1.82, 2.24) is 9.47 Å². The minimum absolute atomic E-state index is 0.00575. The molecular weight excluding hydrogens is 331 g/mol. The maximum absolute atomic E-state index is 13.6. The van der Waals surface area contributed by atoms with Crippen LogP contribution in [0.4, 0.5) is 4.39 Å². The summed E-state index contributed by atoms with van der Waals surface area (Å²) in [5.41, 5.74) is 2.30. The molecule has 1 aliphatic heterocycles. The number of aryl methyl sites for hydroxylation is 2. The summed E-state index contributed by atoms with van der Waals surface area (Å²) >= 11 is 0. The second kappa shape index (κ2) is 6.48. The summed E-state index contributed by atoms with van der Waals surface area (Å²) in [4.78, 5) is 14.9. The molecule has 1 aliphatic rings. The van der Waals surface area contributed by atoms with E-state index in [0.29, 0.717) is 18.8 Å². The lowest BCUT2D eigenvalue weighted by Crippen LogP contribution is -2.32. The van der Waals surface area contributed by atoms with E-state index in [9.17, 15) is 9.18 Å². The second-order valence-corrected chi connectivity index (χ2v) is 6.79. The summed E-state index contributed by atoms with van der Waals surface area (Å²) in [6.45, 7) is 3.09. The predicted octanol–water partition coefficient (Wildman–Crippen LogP) is 3.92.